The van der Waals surface area contributed by atoms with E-state index in [-0.39, 0.29) is 12.8 Å². The van der Waals surface area contributed by atoms with Gasteiger partial charge in [-0.15, -0.1) is 0 Å². The first-order valence-electron chi connectivity index (χ1n) is 5.26. The van der Waals surface area contributed by atoms with Crippen LogP contribution in [0, 0.1) is 0 Å². The van der Waals surface area contributed by atoms with Gasteiger partial charge < -0.3 is 20.8 Å². The van der Waals surface area contributed by atoms with E-state index in [1.54, 1.807) is 0 Å². The summed E-state index contributed by atoms with van der Waals surface area (Å²) < 4.78 is 0. The van der Waals surface area contributed by atoms with E-state index in [0.29, 0.717) is 0 Å². The van der Waals surface area contributed by atoms with Gasteiger partial charge in [0, 0.05) is 13.3 Å². The number of carbonyl (C=O) groups excluding carboxylic acids is 2. The Bertz CT molecular complexity index is 354. The Balaban J connectivity index is 4.40. The summed E-state index contributed by atoms with van der Waals surface area (Å²) in [5, 5.41) is 21.7. The highest BCUT2D eigenvalue weighted by Gasteiger charge is 2.23. The first-order valence-corrected chi connectivity index (χ1v) is 5.26. The molecule has 0 aliphatic heterocycles. The Morgan fingerprint density at radius 2 is 1.67 bits per heavy atom. The first kappa shape index (κ1) is 15.9. The Morgan fingerprint density at radius 3 is 2.06 bits per heavy atom. The van der Waals surface area contributed by atoms with Crippen LogP contribution in [-0.2, 0) is 19.2 Å². The molecule has 0 aromatic rings. The fraction of sp³-hybridized carbons (Fsp3) is 0.600. The van der Waals surface area contributed by atoms with Crippen LogP contribution in [0.5, 0.6) is 0 Å². The van der Waals surface area contributed by atoms with Crippen LogP contribution in [0.3, 0.4) is 0 Å². The van der Waals surface area contributed by atoms with Crippen molar-refractivity contribution >= 4 is 23.8 Å². The Kier molecular flexibility index (Phi) is 6.40. The molecule has 102 valence electrons. The van der Waals surface area contributed by atoms with Crippen LogP contribution in [0.25, 0.3) is 0 Å². The number of carboxylic acids is 2. The molecule has 0 spiro atoms. The van der Waals surface area contributed by atoms with Crippen LogP contribution in [0.4, 0.5) is 0 Å². The highest BCUT2D eigenvalue weighted by Crippen LogP contribution is 1.99. The van der Waals surface area contributed by atoms with Crippen LogP contribution in [0.1, 0.15) is 26.7 Å². The zero-order valence-electron chi connectivity index (χ0n) is 10.1. The molecular weight excluding hydrogens is 244 g/mol. The average molecular weight is 260 g/mol. The summed E-state index contributed by atoms with van der Waals surface area (Å²) in [7, 11) is 0. The van der Waals surface area contributed by atoms with Gasteiger partial charge in [-0.1, -0.05) is 0 Å². The fourth-order valence-corrected chi connectivity index (χ4v) is 1.19. The van der Waals surface area contributed by atoms with Crippen LogP contribution in [0.2, 0.25) is 0 Å². The summed E-state index contributed by atoms with van der Waals surface area (Å²) in [6, 6.07) is -2.17. The molecule has 0 saturated heterocycles. The molecule has 8 heteroatoms. The van der Waals surface area contributed by atoms with Crippen LogP contribution >= 0.6 is 0 Å². The lowest BCUT2D eigenvalue weighted by molar-refractivity contribution is -0.143. The second-order valence-electron chi connectivity index (χ2n) is 3.75. The van der Waals surface area contributed by atoms with Crippen molar-refractivity contribution in [2.24, 2.45) is 0 Å². The van der Waals surface area contributed by atoms with E-state index >= 15 is 0 Å². The van der Waals surface area contributed by atoms with Gasteiger partial charge in [0.15, 0.2) is 0 Å². The van der Waals surface area contributed by atoms with Crippen molar-refractivity contribution in [1.29, 1.82) is 0 Å². The molecule has 0 rings (SSSR count). The van der Waals surface area contributed by atoms with Crippen molar-refractivity contribution in [2.45, 2.75) is 38.8 Å². The zero-order valence-corrected chi connectivity index (χ0v) is 10.1. The number of rotatable bonds is 7. The maximum Gasteiger partial charge on any atom is 0.326 e. The summed E-state index contributed by atoms with van der Waals surface area (Å²) >= 11 is 0. The van der Waals surface area contributed by atoms with E-state index in [1.165, 1.54) is 13.8 Å². The summed E-state index contributed by atoms with van der Waals surface area (Å²) in [5.74, 6) is -3.57. The molecule has 0 fully saturated rings. The van der Waals surface area contributed by atoms with Gasteiger partial charge in [-0.2, -0.15) is 0 Å². The lowest BCUT2D eigenvalue weighted by Gasteiger charge is -2.17. The zero-order chi connectivity index (χ0) is 14.3. The van der Waals surface area contributed by atoms with Crippen LogP contribution < -0.4 is 10.6 Å². The average Bonchev–Trinajstić information content (AvgIpc) is 2.21. The van der Waals surface area contributed by atoms with Crippen LogP contribution in [0.15, 0.2) is 0 Å². The topological polar surface area (TPSA) is 133 Å². The molecule has 18 heavy (non-hydrogen) atoms. The van der Waals surface area contributed by atoms with Gasteiger partial charge in [-0.25, -0.2) is 4.79 Å². The molecule has 2 atom stereocenters. The maximum absolute atomic E-state index is 11.5. The number of hydrogen-bond acceptors (Lipinski definition) is 4. The molecule has 0 bridgehead atoms. The van der Waals surface area contributed by atoms with E-state index in [1.807, 2.05) is 0 Å². The number of aliphatic carboxylic acids is 2. The predicted molar refractivity (Wildman–Crippen MR) is 59.7 cm³/mol. The molecule has 0 saturated carbocycles. The van der Waals surface area contributed by atoms with E-state index in [9.17, 15) is 19.2 Å². The van der Waals surface area contributed by atoms with Gasteiger partial charge in [0.05, 0.1) is 0 Å². The molecule has 0 aliphatic carbocycles. The second kappa shape index (κ2) is 7.25. The minimum atomic E-state index is -1.32. The first-order chi connectivity index (χ1) is 8.23. The lowest BCUT2D eigenvalue weighted by atomic mass is 10.1. The lowest BCUT2D eigenvalue weighted by Crippen LogP contribution is -2.50. The summed E-state index contributed by atoms with van der Waals surface area (Å²) in [6.45, 7) is 2.62. The molecule has 0 heterocycles. The normalized spacial score (nSPS) is 13.2. The van der Waals surface area contributed by atoms with Gasteiger partial charge in [-0.3, -0.25) is 14.4 Å². The predicted octanol–water partition coefficient (Wildman–Crippen LogP) is -1.05. The summed E-state index contributed by atoms with van der Waals surface area (Å²) in [5.41, 5.74) is 0. The fourth-order valence-electron chi connectivity index (χ4n) is 1.19. The van der Waals surface area contributed by atoms with Crippen molar-refractivity contribution < 1.29 is 29.4 Å². The number of amides is 2. The number of carbonyl (C=O) groups is 4. The molecule has 0 radical (unpaired) electrons. The second-order valence-corrected chi connectivity index (χ2v) is 3.75. The molecule has 8 nitrogen and oxygen atoms in total. The van der Waals surface area contributed by atoms with Gasteiger partial charge in [-0.05, 0) is 13.3 Å². The number of nitrogens with one attached hydrogen (secondary N) is 2. The molecule has 2 amide bonds. The third-order valence-corrected chi connectivity index (χ3v) is 2.07. The van der Waals surface area contributed by atoms with E-state index in [2.05, 4.69) is 10.6 Å². The van der Waals surface area contributed by atoms with E-state index in [4.69, 9.17) is 10.2 Å². The SMILES string of the molecule is CC(=O)NC(C)C(=O)N[C@@H](CCC(=O)O)C(=O)O. The van der Waals surface area contributed by atoms with Crippen LogP contribution in [-0.4, -0.2) is 46.0 Å². The van der Waals surface area contributed by atoms with E-state index < -0.39 is 35.8 Å². The third-order valence-electron chi connectivity index (χ3n) is 2.07. The summed E-state index contributed by atoms with van der Waals surface area (Å²) in [6.07, 6.45) is -0.588. The minimum absolute atomic E-state index is 0.219. The summed E-state index contributed by atoms with van der Waals surface area (Å²) in [4.78, 5) is 43.3. The Hall–Kier alpha value is -2.12. The number of carboxylic acid groups (broad SMARTS) is 2. The van der Waals surface area contributed by atoms with Gasteiger partial charge >= 0.3 is 11.9 Å². The standard InChI is InChI=1S/C10H16N2O6/c1-5(11-6(2)13)9(16)12-7(10(17)18)3-4-8(14)15/h5,7H,3-4H2,1-2H3,(H,11,13)(H,12,16)(H,14,15)(H,17,18)/t5?,7-/m0/s1. The van der Waals surface area contributed by atoms with Gasteiger partial charge in [0.25, 0.3) is 0 Å². The quantitative estimate of drug-likeness (QED) is 0.461. The van der Waals surface area contributed by atoms with E-state index in [0.717, 1.165) is 0 Å². The highest BCUT2D eigenvalue weighted by atomic mass is 16.4. The molecule has 0 aliphatic rings. The van der Waals surface area contributed by atoms with Crippen molar-refractivity contribution in [2.75, 3.05) is 0 Å². The number of hydrogen-bond donors (Lipinski definition) is 4. The highest BCUT2D eigenvalue weighted by molar-refractivity contribution is 5.89. The monoisotopic (exact) mass is 260 g/mol. The molecule has 0 aromatic heterocycles. The minimum Gasteiger partial charge on any atom is -0.481 e. The van der Waals surface area contributed by atoms with Crippen molar-refractivity contribution in [3.05, 3.63) is 0 Å². The Labute approximate surface area is 103 Å². The van der Waals surface area contributed by atoms with Crippen molar-refractivity contribution in [1.82, 2.24) is 10.6 Å². The van der Waals surface area contributed by atoms with Gasteiger partial charge in [0.2, 0.25) is 11.8 Å². The van der Waals surface area contributed by atoms with Crippen molar-refractivity contribution in [3.63, 3.8) is 0 Å². The molecule has 0 aromatic carbocycles. The Morgan fingerprint density at radius 1 is 1.11 bits per heavy atom. The van der Waals surface area contributed by atoms with Gasteiger partial charge in [0.1, 0.15) is 12.1 Å². The maximum atomic E-state index is 11.5. The molecular formula is C10H16N2O6. The smallest absolute Gasteiger partial charge is 0.326 e. The third kappa shape index (κ3) is 6.46. The molecule has 1 unspecified atom stereocenters. The molecule has 4 N–H and O–H groups in total. The largest absolute Gasteiger partial charge is 0.481 e. The van der Waals surface area contributed by atoms with Crippen molar-refractivity contribution in [3.8, 4) is 0 Å².